The van der Waals surface area contributed by atoms with Crippen molar-refractivity contribution in [3.63, 3.8) is 0 Å². The van der Waals surface area contributed by atoms with Crippen LogP contribution in [0.4, 0.5) is 0 Å². The molecule has 1 fully saturated rings. The molecule has 19 heavy (non-hydrogen) atoms. The Bertz CT molecular complexity index is 414. The summed E-state index contributed by atoms with van der Waals surface area (Å²) in [4.78, 5) is 19.1. The fourth-order valence-electron chi connectivity index (χ4n) is 2.18. The molecule has 1 aromatic rings. The summed E-state index contributed by atoms with van der Waals surface area (Å²) in [6, 6.07) is 3.87. The SMILES string of the molecule is COc1ccc(CN2CCN(CC(=O)O)CC2)cn1. The predicted molar refractivity (Wildman–Crippen MR) is 70.1 cm³/mol. The van der Waals surface area contributed by atoms with Gasteiger partial charge in [-0.1, -0.05) is 6.07 Å². The van der Waals surface area contributed by atoms with Gasteiger partial charge >= 0.3 is 5.97 Å². The summed E-state index contributed by atoms with van der Waals surface area (Å²) in [5.74, 6) is -0.136. The normalized spacial score (nSPS) is 17.3. The third-order valence-corrected chi connectivity index (χ3v) is 3.24. The third-order valence-electron chi connectivity index (χ3n) is 3.24. The first-order chi connectivity index (χ1) is 9.17. The molecular weight excluding hydrogens is 246 g/mol. The van der Waals surface area contributed by atoms with E-state index < -0.39 is 5.97 Å². The number of aliphatic carboxylic acids is 1. The van der Waals surface area contributed by atoms with Crippen LogP contribution in [0.15, 0.2) is 18.3 Å². The van der Waals surface area contributed by atoms with Crippen LogP contribution in [-0.4, -0.2) is 65.7 Å². The number of rotatable bonds is 5. The van der Waals surface area contributed by atoms with Gasteiger partial charge in [0.05, 0.1) is 13.7 Å². The Hall–Kier alpha value is -1.66. The van der Waals surface area contributed by atoms with Gasteiger partial charge in [-0.15, -0.1) is 0 Å². The zero-order chi connectivity index (χ0) is 13.7. The number of pyridine rings is 1. The third kappa shape index (κ3) is 4.18. The van der Waals surface area contributed by atoms with E-state index in [4.69, 9.17) is 9.84 Å². The maximum Gasteiger partial charge on any atom is 0.317 e. The molecule has 2 heterocycles. The quantitative estimate of drug-likeness (QED) is 0.825. The zero-order valence-corrected chi connectivity index (χ0v) is 11.1. The van der Waals surface area contributed by atoms with E-state index in [1.165, 1.54) is 0 Å². The van der Waals surface area contributed by atoms with Crippen LogP contribution in [0.5, 0.6) is 5.88 Å². The fraction of sp³-hybridized carbons (Fsp3) is 0.538. The zero-order valence-electron chi connectivity index (χ0n) is 11.1. The molecule has 104 valence electrons. The van der Waals surface area contributed by atoms with Crippen molar-refractivity contribution in [2.45, 2.75) is 6.54 Å². The molecule has 0 saturated carbocycles. The van der Waals surface area contributed by atoms with Crippen molar-refractivity contribution in [3.8, 4) is 5.88 Å². The molecule has 1 aliphatic heterocycles. The van der Waals surface area contributed by atoms with Crippen molar-refractivity contribution in [2.75, 3.05) is 39.8 Å². The number of carbonyl (C=O) groups is 1. The summed E-state index contributed by atoms with van der Waals surface area (Å²) in [6.45, 7) is 4.36. The highest BCUT2D eigenvalue weighted by molar-refractivity contribution is 5.69. The summed E-state index contributed by atoms with van der Waals surface area (Å²) in [5, 5.41) is 8.74. The number of nitrogens with zero attached hydrogens (tertiary/aromatic N) is 3. The maximum atomic E-state index is 10.6. The monoisotopic (exact) mass is 265 g/mol. The summed E-state index contributed by atoms with van der Waals surface area (Å²) in [7, 11) is 1.60. The number of hydrogen-bond donors (Lipinski definition) is 1. The van der Waals surface area contributed by atoms with E-state index in [1.807, 2.05) is 23.2 Å². The molecule has 0 spiro atoms. The lowest BCUT2D eigenvalue weighted by atomic mass is 10.2. The minimum Gasteiger partial charge on any atom is -0.481 e. The molecule has 0 amide bonds. The number of carboxylic acid groups (broad SMARTS) is 1. The van der Waals surface area contributed by atoms with E-state index in [0.717, 1.165) is 38.3 Å². The highest BCUT2D eigenvalue weighted by Gasteiger charge is 2.18. The number of methoxy groups -OCH3 is 1. The van der Waals surface area contributed by atoms with Crippen molar-refractivity contribution in [2.24, 2.45) is 0 Å². The van der Waals surface area contributed by atoms with E-state index in [2.05, 4.69) is 9.88 Å². The number of ether oxygens (including phenoxy) is 1. The standard InChI is InChI=1S/C13H19N3O3/c1-19-12-3-2-11(8-14-12)9-15-4-6-16(7-5-15)10-13(17)18/h2-3,8H,4-7,9-10H2,1H3,(H,17,18). The minimum atomic E-state index is -0.757. The van der Waals surface area contributed by atoms with Gasteiger partial charge in [-0.25, -0.2) is 4.98 Å². The molecule has 1 N–H and O–H groups in total. The van der Waals surface area contributed by atoms with Gasteiger partial charge in [0.15, 0.2) is 0 Å². The van der Waals surface area contributed by atoms with Gasteiger partial charge in [0, 0.05) is 45.0 Å². The number of aromatic nitrogens is 1. The van der Waals surface area contributed by atoms with Crippen molar-refractivity contribution >= 4 is 5.97 Å². The summed E-state index contributed by atoms with van der Waals surface area (Å²) >= 11 is 0. The topological polar surface area (TPSA) is 65.9 Å². The Morgan fingerprint density at radius 2 is 2.00 bits per heavy atom. The van der Waals surface area contributed by atoms with E-state index in [9.17, 15) is 4.79 Å². The van der Waals surface area contributed by atoms with Crippen molar-refractivity contribution in [3.05, 3.63) is 23.9 Å². The average Bonchev–Trinajstić information content (AvgIpc) is 2.41. The molecular formula is C13H19N3O3. The largest absolute Gasteiger partial charge is 0.481 e. The van der Waals surface area contributed by atoms with Crippen molar-refractivity contribution in [1.29, 1.82) is 0 Å². The first-order valence-corrected chi connectivity index (χ1v) is 6.33. The van der Waals surface area contributed by atoms with Gasteiger partial charge in [0.1, 0.15) is 0 Å². The van der Waals surface area contributed by atoms with Gasteiger partial charge in [-0.3, -0.25) is 14.6 Å². The minimum absolute atomic E-state index is 0.137. The first kappa shape index (κ1) is 13.8. The smallest absolute Gasteiger partial charge is 0.317 e. The number of carboxylic acids is 1. The van der Waals surface area contributed by atoms with Gasteiger partial charge in [-0.05, 0) is 5.56 Å². The number of piperazine rings is 1. The summed E-state index contributed by atoms with van der Waals surface area (Å²) in [6.07, 6.45) is 1.82. The van der Waals surface area contributed by atoms with Crippen LogP contribution in [0, 0.1) is 0 Å². The lowest BCUT2D eigenvalue weighted by molar-refractivity contribution is -0.138. The van der Waals surface area contributed by atoms with Crippen LogP contribution < -0.4 is 4.74 Å². The molecule has 1 aliphatic rings. The number of hydrogen-bond acceptors (Lipinski definition) is 5. The van der Waals surface area contributed by atoms with Crippen LogP contribution in [0.3, 0.4) is 0 Å². The Kier molecular flexibility index (Phi) is 4.70. The van der Waals surface area contributed by atoms with Crippen LogP contribution in [0.1, 0.15) is 5.56 Å². The molecule has 6 heteroatoms. The van der Waals surface area contributed by atoms with Crippen molar-refractivity contribution < 1.29 is 14.6 Å². The van der Waals surface area contributed by atoms with Crippen molar-refractivity contribution in [1.82, 2.24) is 14.8 Å². The second kappa shape index (κ2) is 6.49. The van der Waals surface area contributed by atoms with E-state index >= 15 is 0 Å². The van der Waals surface area contributed by atoms with E-state index in [0.29, 0.717) is 5.88 Å². The Morgan fingerprint density at radius 1 is 1.32 bits per heavy atom. The Balaban J connectivity index is 1.80. The lowest BCUT2D eigenvalue weighted by Gasteiger charge is -2.33. The van der Waals surface area contributed by atoms with Gasteiger partial charge in [0.25, 0.3) is 0 Å². The van der Waals surface area contributed by atoms with Gasteiger partial charge < -0.3 is 9.84 Å². The van der Waals surface area contributed by atoms with E-state index in [-0.39, 0.29) is 6.54 Å². The second-order valence-corrected chi connectivity index (χ2v) is 4.65. The Morgan fingerprint density at radius 3 is 2.53 bits per heavy atom. The maximum absolute atomic E-state index is 10.6. The molecule has 0 atom stereocenters. The highest BCUT2D eigenvalue weighted by Crippen LogP contribution is 2.11. The molecule has 0 bridgehead atoms. The lowest BCUT2D eigenvalue weighted by Crippen LogP contribution is -2.47. The molecule has 0 aliphatic carbocycles. The predicted octanol–water partition coefficient (Wildman–Crippen LogP) is 0.292. The Labute approximate surface area is 112 Å². The molecule has 0 radical (unpaired) electrons. The van der Waals surface area contributed by atoms with Crippen LogP contribution in [-0.2, 0) is 11.3 Å². The van der Waals surface area contributed by atoms with Gasteiger partial charge in [-0.2, -0.15) is 0 Å². The fourth-order valence-corrected chi connectivity index (χ4v) is 2.18. The molecule has 2 rings (SSSR count). The van der Waals surface area contributed by atoms with Crippen LogP contribution in [0.25, 0.3) is 0 Å². The molecule has 6 nitrogen and oxygen atoms in total. The molecule has 1 aromatic heterocycles. The summed E-state index contributed by atoms with van der Waals surface area (Å²) in [5.41, 5.74) is 1.15. The highest BCUT2D eigenvalue weighted by atomic mass is 16.5. The van der Waals surface area contributed by atoms with E-state index in [1.54, 1.807) is 7.11 Å². The van der Waals surface area contributed by atoms with Crippen LogP contribution in [0.2, 0.25) is 0 Å². The molecule has 1 saturated heterocycles. The first-order valence-electron chi connectivity index (χ1n) is 6.33. The second-order valence-electron chi connectivity index (χ2n) is 4.65. The molecule has 0 aromatic carbocycles. The summed E-state index contributed by atoms with van der Waals surface area (Å²) < 4.78 is 5.02. The average molecular weight is 265 g/mol. The van der Waals surface area contributed by atoms with Gasteiger partial charge in [0.2, 0.25) is 5.88 Å². The van der Waals surface area contributed by atoms with Crippen LogP contribution >= 0.6 is 0 Å². The molecule has 0 unspecified atom stereocenters.